The quantitative estimate of drug-likeness (QED) is 0.597. The molecule has 8 heteroatoms. The van der Waals surface area contributed by atoms with Crippen LogP contribution in [0.3, 0.4) is 0 Å². The molecule has 2 heterocycles. The first-order chi connectivity index (χ1) is 14.9. The molecule has 1 saturated heterocycles. The van der Waals surface area contributed by atoms with Crippen molar-refractivity contribution in [2.45, 2.75) is 13.5 Å². The summed E-state index contributed by atoms with van der Waals surface area (Å²) < 4.78 is 20.1. The van der Waals surface area contributed by atoms with Gasteiger partial charge in [0.25, 0.3) is 5.91 Å². The number of amides is 1. The van der Waals surface area contributed by atoms with Gasteiger partial charge in [0.05, 0.1) is 30.2 Å². The minimum atomic E-state index is -0.348. The Kier molecular flexibility index (Phi) is 6.25. The number of morpholine rings is 1. The van der Waals surface area contributed by atoms with E-state index in [1.165, 1.54) is 16.8 Å². The van der Waals surface area contributed by atoms with Crippen LogP contribution in [0.4, 0.5) is 10.1 Å². The van der Waals surface area contributed by atoms with Gasteiger partial charge in [0.15, 0.2) is 0 Å². The maximum Gasteiger partial charge on any atom is 0.258 e. The summed E-state index contributed by atoms with van der Waals surface area (Å²) in [6, 6.07) is 14.0. The molecule has 0 unspecified atom stereocenters. The number of hydrogen-bond donors (Lipinski definition) is 0. The average Bonchev–Trinajstić information content (AvgIpc) is 3.08. The van der Waals surface area contributed by atoms with Crippen LogP contribution in [0.25, 0.3) is 5.69 Å². The number of anilines is 1. The fraction of sp³-hybridized carbons (Fsp3) is 0.304. The molecule has 3 aromatic rings. The van der Waals surface area contributed by atoms with Crippen molar-refractivity contribution in [1.82, 2.24) is 14.7 Å². The Morgan fingerprint density at radius 1 is 1.10 bits per heavy atom. The van der Waals surface area contributed by atoms with Crippen LogP contribution in [0.5, 0.6) is 0 Å². The molecule has 6 nitrogen and oxygen atoms in total. The van der Waals surface area contributed by atoms with Gasteiger partial charge in [-0.3, -0.25) is 4.79 Å². The zero-order valence-electron chi connectivity index (χ0n) is 17.5. The van der Waals surface area contributed by atoms with Crippen LogP contribution in [-0.2, 0) is 11.3 Å². The number of halogens is 2. The number of carbonyl (C=O) groups is 1. The molecule has 0 radical (unpaired) electrons. The van der Waals surface area contributed by atoms with E-state index in [9.17, 15) is 9.18 Å². The molecule has 1 aromatic heterocycles. The summed E-state index contributed by atoms with van der Waals surface area (Å²) in [6.07, 6.45) is 0. The predicted octanol–water partition coefficient (Wildman–Crippen LogP) is 4.08. The zero-order chi connectivity index (χ0) is 22.0. The van der Waals surface area contributed by atoms with Gasteiger partial charge >= 0.3 is 0 Å². The summed E-state index contributed by atoms with van der Waals surface area (Å²) in [5.74, 6) is -0.562. The van der Waals surface area contributed by atoms with E-state index in [0.717, 1.165) is 37.6 Å². The van der Waals surface area contributed by atoms with Crippen molar-refractivity contribution in [1.29, 1.82) is 0 Å². The van der Waals surface area contributed by atoms with Crippen LogP contribution in [0.2, 0.25) is 5.15 Å². The standard InChI is InChI=1S/C23H24ClFN4O2/c1-16-21(22(24)29(26-16)20-9-5-18(25)6-10-20)23(30)27(2)15-17-3-7-19(8-4-17)28-11-13-31-14-12-28/h3-10H,11-15H2,1-2H3. The van der Waals surface area contributed by atoms with Crippen molar-refractivity contribution in [3.63, 3.8) is 0 Å². The van der Waals surface area contributed by atoms with E-state index in [1.807, 2.05) is 12.1 Å². The summed E-state index contributed by atoms with van der Waals surface area (Å²) in [4.78, 5) is 17.0. The lowest BCUT2D eigenvalue weighted by molar-refractivity contribution is 0.0784. The lowest BCUT2D eigenvalue weighted by Gasteiger charge is -2.29. The lowest BCUT2D eigenvalue weighted by Crippen LogP contribution is -2.36. The number of hydrogen-bond acceptors (Lipinski definition) is 4. The highest BCUT2D eigenvalue weighted by Crippen LogP contribution is 2.25. The second kappa shape index (κ2) is 9.08. The van der Waals surface area contributed by atoms with Gasteiger partial charge in [-0.25, -0.2) is 9.07 Å². The van der Waals surface area contributed by atoms with E-state index in [0.29, 0.717) is 23.5 Å². The molecule has 0 saturated carbocycles. The van der Waals surface area contributed by atoms with Gasteiger partial charge in [0.2, 0.25) is 0 Å². The molecule has 1 aliphatic heterocycles. The minimum absolute atomic E-state index is 0.212. The van der Waals surface area contributed by atoms with E-state index in [4.69, 9.17) is 16.3 Å². The number of ether oxygens (including phenoxy) is 1. The highest BCUT2D eigenvalue weighted by atomic mass is 35.5. The van der Waals surface area contributed by atoms with E-state index in [-0.39, 0.29) is 16.9 Å². The molecule has 1 aliphatic rings. The van der Waals surface area contributed by atoms with Gasteiger partial charge in [0, 0.05) is 32.4 Å². The summed E-state index contributed by atoms with van der Waals surface area (Å²) in [6.45, 7) is 5.43. The summed E-state index contributed by atoms with van der Waals surface area (Å²) in [7, 11) is 1.74. The van der Waals surface area contributed by atoms with Crippen molar-refractivity contribution in [2.75, 3.05) is 38.3 Å². The minimum Gasteiger partial charge on any atom is -0.378 e. The Morgan fingerprint density at radius 2 is 1.71 bits per heavy atom. The molecular weight excluding hydrogens is 419 g/mol. The first kappa shape index (κ1) is 21.3. The SMILES string of the molecule is Cc1nn(-c2ccc(F)cc2)c(Cl)c1C(=O)N(C)Cc1ccc(N2CCOCC2)cc1. The van der Waals surface area contributed by atoms with Crippen molar-refractivity contribution >= 4 is 23.2 Å². The Morgan fingerprint density at radius 3 is 2.35 bits per heavy atom. The van der Waals surface area contributed by atoms with Gasteiger partial charge in [-0.1, -0.05) is 23.7 Å². The van der Waals surface area contributed by atoms with Crippen molar-refractivity contribution < 1.29 is 13.9 Å². The predicted molar refractivity (Wildman–Crippen MR) is 119 cm³/mol. The Hall–Kier alpha value is -2.90. The van der Waals surface area contributed by atoms with Gasteiger partial charge < -0.3 is 14.5 Å². The Bertz CT molecular complexity index is 1060. The fourth-order valence-corrected chi connectivity index (χ4v) is 4.02. The second-order valence-electron chi connectivity index (χ2n) is 7.57. The maximum atomic E-state index is 13.2. The number of benzene rings is 2. The van der Waals surface area contributed by atoms with Crippen molar-refractivity contribution in [2.24, 2.45) is 0 Å². The monoisotopic (exact) mass is 442 g/mol. The lowest BCUT2D eigenvalue weighted by atomic mass is 10.1. The third-order valence-corrected chi connectivity index (χ3v) is 5.72. The topological polar surface area (TPSA) is 50.6 Å². The average molecular weight is 443 g/mol. The van der Waals surface area contributed by atoms with Gasteiger partial charge in [-0.15, -0.1) is 0 Å². The normalized spacial score (nSPS) is 14.0. The molecule has 0 aliphatic carbocycles. The van der Waals surface area contributed by atoms with E-state index < -0.39 is 0 Å². The van der Waals surface area contributed by atoms with Crippen LogP contribution in [0.1, 0.15) is 21.6 Å². The molecule has 0 atom stereocenters. The summed E-state index contributed by atoms with van der Waals surface area (Å²) in [5, 5.41) is 4.59. The van der Waals surface area contributed by atoms with E-state index in [1.54, 1.807) is 31.0 Å². The zero-order valence-corrected chi connectivity index (χ0v) is 18.3. The van der Waals surface area contributed by atoms with E-state index >= 15 is 0 Å². The number of aromatic nitrogens is 2. The van der Waals surface area contributed by atoms with Crippen molar-refractivity contribution in [3.8, 4) is 5.69 Å². The fourth-order valence-electron chi connectivity index (χ4n) is 3.67. The second-order valence-corrected chi connectivity index (χ2v) is 7.92. The number of rotatable bonds is 5. The van der Waals surface area contributed by atoms with Gasteiger partial charge in [-0.05, 0) is 48.9 Å². The molecule has 31 heavy (non-hydrogen) atoms. The smallest absolute Gasteiger partial charge is 0.258 e. The molecule has 0 bridgehead atoms. The largest absolute Gasteiger partial charge is 0.378 e. The Labute approximate surface area is 185 Å². The highest BCUT2D eigenvalue weighted by Gasteiger charge is 2.24. The summed E-state index contributed by atoms with van der Waals surface area (Å²) >= 11 is 6.50. The van der Waals surface area contributed by atoms with Crippen LogP contribution in [-0.4, -0.2) is 53.9 Å². The molecule has 4 rings (SSSR count). The van der Waals surface area contributed by atoms with Gasteiger partial charge in [-0.2, -0.15) is 5.10 Å². The molecule has 162 valence electrons. The van der Waals surface area contributed by atoms with E-state index in [2.05, 4.69) is 22.1 Å². The molecular formula is C23H24ClFN4O2. The summed E-state index contributed by atoms with van der Waals surface area (Å²) in [5.41, 5.74) is 3.63. The molecule has 2 aromatic carbocycles. The third-order valence-electron chi connectivity index (χ3n) is 5.37. The number of nitrogens with zero attached hydrogens (tertiary/aromatic N) is 4. The third kappa shape index (κ3) is 4.57. The maximum absolute atomic E-state index is 13.2. The van der Waals surface area contributed by atoms with Crippen LogP contribution in [0.15, 0.2) is 48.5 Å². The van der Waals surface area contributed by atoms with Crippen LogP contribution in [0, 0.1) is 12.7 Å². The Balaban J connectivity index is 1.48. The van der Waals surface area contributed by atoms with Crippen molar-refractivity contribution in [3.05, 3.63) is 76.3 Å². The van der Waals surface area contributed by atoms with Gasteiger partial charge in [0.1, 0.15) is 11.0 Å². The molecule has 1 amide bonds. The molecule has 1 fully saturated rings. The molecule has 0 N–H and O–H groups in total. The number of carbonyl (C=O) groups excluding carboxylic acids is 1. The first-order valence-corrected chi connectivity index (χ1v) is 10.5. The highest BCUT2D eigenvalue weighted by molar-refractivity contribution is 6.33. The number of aryl methyl sites for hydroxylation is 1. The van der Waals surface area contributed by atoms with Crippen LogP contribution >= 0.6 is 11.6 Å². The first-order valence-electron chi connectivity index (χ1n) is 10.1. The molecule has 0 spiro atoms. The van der Waals surface area contributed by atoms with Crippen LogP contribution < -0.4 is 4.90 Å².